The van der Waals surface area contributed by atoms with Crippen LogP contribution >= 0.6 is 11.3 Å². The van der Waals surface area contributed by atoms with E-state index in [1.54, 1.807) is 0 Å². The van der Waals surface area contributed by atoms with Gasteiger partial charge in [-0.2, -0.15) is 0 Å². The van der Waals surface area contributed by atoms with Crippen LogP contribution in [0.1, 0.15) is 121 Å². The van der Waals surface area contributed by atoms with Gasteiger partial charge in [0, 0.05) is 65.7 Å². The summed E-state index contributed by atoms with van der Waals surface area (Å²) in [7, 11) is 0. The summed E-state index contributed by atoms with van der Waals surface area (Å²) in [4.78, 5) is 7.87. The molecule has 73 heavy (non-hydrogen) atoms. The zero-order valence-corrected chi connectivity index (χ0v) is 46.2. The van der Waals surface area contributed by atoms with Crippen molar-refractivity contribution in [2.75, 3.05) is 14.7 Å². The van der Waals surface area contributed by atoms with Crippen LogP contribution in [0.3, 0.4) is 0 Å². The van der Waals surface area contributed by atoms with E-state index in [0.29, 0.717) is 0 Å². The van der Waals surface area contributed by atoms with E-state index in [-0.39, 0.29) is 28.4 Å². The molecular weight excluding hydrogens is 902 g/mol. The minimum Gasteiger partial charge on any atom is -0.311 e. The number of benzene rings is 8. The second kappa shape index (κ2) is 16.3. The molecule has 0 unspecified atom stereocenters. The summed E-state index contributed by atoms with van der Waals surface area (Å²) in [5.41, 5.74) is 26.4. The van der Waals surface area contributed by atoms with E-state index in [2.05, 4.69) is 269 Å². The zero-order valence-electron chi connectivity index (χ0n) is 45.3. The molecule has 0 spiro atoms. The van der Waals surface area contributed by atoms with Gasteiger partial charge in [-0.3, -0.25) is 0 Å². The van der Waals surface area contributed by atoms with Crippen molar-refractivity contribution in [2.24, 2.45) is 0 Å². The lowest BCUT2D eigenvalue weighted by Gasteiger charge is -2.46. The predicted molar refractivity (Wildman–Crippen MR) is 318 cm³/mol. The van der Waals surface area contributed by atoms with Crippen LogP contribution in [-0.2, 0) is 21.7 Å². The van der Waals surface area contributed by atoms with E-state index < -0.39 is 0 Å². The Bertz CT molecular complexity index is 3620. The average Bonchev–Trinajstić information content (AvgIpc) is 3.84. The predicted octanol–water partition coefficient (Wildman–Crippen LogP) is 17.6. The molecule has 9 aromatic rings. The molecular formula is C68H68BN3S. The highest BCUT2D eigenvalue weighted by molar-refractivity contribution is 7.33. The summed E-state index contributed by atoms with van der Waals surface area (Å²) in [6, 6.07) is 61.4. The van der Waals surface area contributed by atoms with Gasteiger partial charge in [0.05, 0.1) is 11.4 Å². The highest BCUT2D eigenvalue weighted by Gasteiger charge is 2.51. The fraction of sp³-hybridized carbons (Fsp3) is 0.265. The molecule has 3 nitrogen and oxygen atoms in total. The van der Waals surface area contributed by atoms with Crippen LogP contribution in [0.5, 0.6) is 0 Å². The maximum atomic E-state index is 2.68. The fourth-order valence-electron chi connectivity index (χ4n) is 12.2. The summed E-state index contributed by atoms with van der Waals surface area (Å²) < 4.78 is 2.70. The Kier molecular flexibility index (Phi) is 10.6. The van der Waals surface area contributed by atoms with E-state index in [1.807, 2.05) is 11.3 Å². The van der Waals surface area contributed by atoms with Crippen molar-refractivity contribution in [3.63, 3.8) is 0 Å². The summed E-state index contributed by atoms with van der Waals surface area (Å²) in [6.07, 6.45) is 0. The van der Waals surface area contributed by atoms with Gasteiger partial charge in [0.2, 0.25) is 0 Å². The molecule has 1 aromatic heterocycles. The molecule has 0 saturated heterocycles. The van der Waals surface area contributed by atoms with Gasteiger partial charge >= 0.3 is 0 Å². The Labute approximate surface area is 439 Å². The number of aryl methyl sites for hydroxylation is 3. The van der Waals surface area contributed by atoms with Gasteiger partial charge in [-0.05, 0) is 166 Å². The molecule has 0 radical (unpaired) electrons. The minimum atomic E-state index is -0.355. The Morgan fingerprint density at radius 2 is 1.00 bits per heavy atom. The molecule has 0 atom stereocenters. The molecule has 3 aliphatic rings. The van der Waals surface area contributed by atoms with Crippen molar-refractivity contribution in [3.8, 4) is 11.1 Å². The molecule has 5 heteroatoms. The SMILES string of the molecule is Cc1ccc(N(c2ccc(C)cc2)c2cc3c(c4c2-c2ccccc2C4(C)C)N(c2ccc(C(C)(C)C)cc2)c2cc(C)cc4c2B3c2sc3ccc(C(C)(C)C)cc3c2N4c2ccc(C(C)(C)C)cc2)cc1. The molecule has 0 bridgehead atoms. The topological polar surface area (TPSA) is 9.72 Å². The molecule has 364 valence electrons. The molecule has 0 amide bonds. The van der Waals surface area contributed by atoms with Crippen molar-refractivity contribution >= 4 is 95.0 Å². The highest BCUT2D eigenvalue weighted by Crippen LogP contribution is 2.60. The van der Waals surface area contributed by atoms with Gasteiger partial charge in [-0.15, -0.1) is 11.3 Å². The Morgan fingerprint density at radius 1 is 0.507 bits per heavy atom. The Hall–Kier alpha value is -6.82. The molecule has 8 aromatic carbocycles. The van der Waals surface area contributed by atoms with Crippen molar-refractivity contribution in [1.29, 1.82) is 0 Å². The number of fused-ring (bicyclic) bond motifs is 10. The summed E-state index contributed by atoms with van der Waals surface area (Å²) in [6.45, 7) is 32.5. The number of thiophene rings is 1. The van der Waals surface area contributed by atoms with E-state index in [9.17, 15) is 0 Å². The first-order chi connectivity index (χ1) is 34.6. The van der Waals surface area contributed by atoms with E-state index in [0.717, 1.165) is 11.4 Å². The number of rotatable bonds is 5. The third kappa shape index (κ3) is 7.43. The lowest BCUT2D eigenvalue weighted by molar-refractivity contribution is 0.590. The maximum Gasteiger partial charge on any atom is 0.264 e. The number of nitrogens with zero attached hydrogens (tertiary/aromatic N) is 3. The number of hydrogen-bond donors (Lipinski definition) is 0. The van der Waals surface area contributed by atoms with E-state index >= 15 is 0 Å². The van der Waals surface area contributed by atoms with Crippen LogP contribution in [0, 0.1) is 20.8 Å². The summed E-state index contributed by atoms with van der Waals surface area (Å²) >= 11 is 1.99. The normalized spacial score (nSPS) is 14.5. The summed E-state index contributed by atoms with van der Waals surface area (Å²) in [5, 5.41) is 1.32. The van der Waals surface area contributed by atoms with Gasteiger partial charge < -0.3 is 14.7 Å². The Morgan fingerprint density at radius 3 is 1.52 bits per heavy atom. The van der Waals surface area contributed by atoms with Gasteiger partial charge in [0.1, 0.15) is 0 Å². The molecule has 12 rings (SSSR count). The fourth-order valence-corrected chi connectivity index (χ4v) is 13.5. The largest absolute Gasteiger partial charge is 0.311 e. The molecule has 1 aliphatic carbocycles. The van der Waals surface area contributed by atoms with Crippen molar-refractivity contribution in [3.05, 3.63) is 202 Å². The van der Waals surface area contributed by atoms with Crippen molar-refractivity contribution in [1.82, 2.24) is 0 Å². The standard InChI is InChI=1S/C68H68BN3S/c1-41-19-28-47(29-20-41)70(48-30-21-42(2)22-31-48)55-40-54-63(60-59(55)51-17-15-16-18-53(51)68(60,13)14)72(50-34-25-45(26-35-50)66(7,8)9)57-38-43(3)37-56-61(57)69(54)64-62(52-39-46(67(10,11)12)27-36-58(52)73-64)71(56)49-32-23-44(24-33-49)65(4,5)6/h15-40H,1-14H3. The number of anilines is 9. The second-order valence-corrected chi connectivity index (χ2v) is 26.0. The monoisotopic (exact) mass is 970 g/mol. The van der Waals surface area contributed by atoms with Crippen LogP contribution in [-0.4, -0.2) is 6.71 Å². The van der Waals surface area contributed by atoms with Gasteiger partial charge in [0.25, 0.3) is 6.71 Å². The second-order valence-electron chi connectivity index (χ2n) is 25.0. The van der Waals surface area contributed by atoms with Gasteiger partial charge in [0.15, 0.2) is 0 Å². The third-order valence-corrected chi connectivity index (χ3v) is 17.5. The van der Waals surface area contributed by atoms with Gasteiger partial charge in [-0.25, -0.2) is 0 Å². The molecule has 3 heterocycles. The molecule has 0 fully saturated rings. The van der Waals surface area contributed by atoms with Crippen LogP contribution in [0.2, 0.25) is 0 Å². The maximum absolute atomic E-state index is 2.68. The highest BCUT2D eigenvalue weighted by atomic mass is 32.1. The lowest BCUT2D eigenvalue weighted by atomic mass is 9.35. The summed E-state index contributed by atoms with van der Waals surface area (Å²) in [5.74, 6) is 0. The first-order valence-electron chi connectivity index (χ1n) is 26.4. The Balaban J connectivity index is 1.26. The van der Waals surface area contributed by atoms with Crippen molar-refractivity contribution in [2.45, 2.75) is 119 Å². The zero-order chi connectivity index (χ0) is 51.3. The van der Waals surface area contributed by atoms with Gasteiger partial charge in [-0.1, -0.05) is 166 Å². The van der Waals surface area contributed by atoms with E-state index in [4.69, 9.17) is 0 Å². The molecule has 0 N–H and O–H groups in total. The van der Waals surface area contributed by atoms with Crippen LogP contribution in [0.15, 0.2) is 158 Å². The first-order valence-corrected chi connectivity index (χ1v) is 27.2. The molecule has 0 saturated carbocycles. The molecule has 2 aliphatic heterocycles. The quantitative estimate of drug-likeness (QED) is 0.159. The van der Waals surface area contributed by atoms with Crippen LogP contribution in [0.25, 0.3) is 21.2 Å². The third-order valence-electron chi connectivity index (χ3n) is 16.2. The number of hydrogen-bond acceptors (Lipinski definition) is 4. The average molecular weight is 970 g/mol. The first kappa shape index (κ1) is 47.2. The minimum absolute atomic E-state index is 0.00853. The smallest absolute Gasteiger partial charge is 0.264 e. The van der Waals surface area contributed by atoms with Crippen LogP contribution in [0.4, 0.5) is 51.2 Å². The lowest BCUT2D eigenvalue weighted by Crippen LogP contribution is -2.61. The van der Waals surface area contributed by atoms with Crippen molar-refractivity contribution < 1.29 is 0 Å². The van der Waals surface area contributed by atoms with Crippen LogP contribution < -0.4 is 30.4 Å². The van der Waals surface area contributed by atoms with E-state index in [1.165, 1.54) is 121 Å².